The third-order valence-corrected chi connectivity index (χ3v) is 6.69. The summed E-state index contributed by atoms with van der Waals surface area (Å²) in [6.45, 7) is 5.69. The number of aromatic nitrogens is 2. The van der Waals surface area contributed by atoms with Crippen molar-refractivity contribution in [1.82, 2.24) is 9.55 Å². The van der Waals surface area contributed by atoms with Crippen LogP contribution in [0.15, 0.2) is 76.1 Å². The maximum Gasteiger partial charge on any atom is 0.344 e. The monoisotopic (exact) mass is 507 g/mol. The van der Waals surface area contributed by atoms with E-state index < -0.39 is 11.9 Å². The van der Waals surface area contributed by atoms with Gasteiger partial charge in [-0.15, -0.1) is 0 Å². The molecule has 0 saturated heterocycles. The highest BCUT2D eigenvalue weighted by Crippen LogP contribution is 2.40. The van der Waals surface area contributed by atoms with Gasteiger partial charge in [0.25, 0.3) is 5.91 Å². The number of carbonyl (C=O) groups excluding carboxylic acids is 2. The number of aryl methyl sites for hydroxylation is 1. The molecule has 1 amide bonds. The fraction of sp³-hybridized carbons (Fsp3) is 0.154. The SMILES string of the molecule is CCOC(=O)C1=C(O)/C(=C/c2cc(C)n(-c3cccnc3)c2C)SC1=NC(=O)c1ccccc1Cl. The number of halogens is 1. The summed E-state index contributed by atoms with van der Waals surface area (Å²) in [5.41, 5.74) is 3.69. The van der Waals surface area contributed by atoms with Crippen molar-refractivity contribution in [3.05, 3.63) is 98.6 Å². The molecular weight excluding hydrogens is 486 g/mol. The largest absolute Gasteiger partial charge is 0.506 e. The molecule has 35 heavy (non-hydrogen) atoms. The summed E-state index contributed by atoms with van der Waals surface area (Å²) in [6.07, 6.45) is 5.24. The molecule has 3 aromatic rings. The highest BCUT2D eigenvalue weighted by atomic mass is 35.5. The zero-order valence-electron chi connectivity index (χ0n) is 19.3. The van der Waals surface area contributed by atoms with Gasteiger partial charge in [0.15, 0.2) is 0 Å². The number of ether oxygens (including phenoxy) is 1. The van der Waals surface area contributed by atoms with E-state index in [-0.39, 0.29) is 33.6 Å². The van der Waals surface area contributed by atoms with Crippen LogP contribution in [0.1, 0.15) is 34.2 Å². The van der Waals surface area contributed by atoms with Crippen LogP contribution in [0.2, 0.25) is 5.02 Å². The molecule has 0 bridgehead atoms. The molecule has 2 aromatic heterocycles. The summed E-state index contributed by atoms with van der Waals surface area (Å²) in [6, 6.07) is 12.3. The zero-order valence-corrected chi connectivity index (χ0v) is 20.9. The van der Waals surface area contributed by atoms with Crippen LogP contribution in [-0.4, -0.2) is 38.2 Å². The van der Waals surface area contributed by atoms with E-state index in [4.69, 9.17) is 16.3 Å². The van der Waals surface area contributed by atoms with Crippen LogP contribution in [0, 0.1) is 13.8 Å². The molecule has 1 N–H and O–H groups in total. The lowest BCUT2D eigenvalue weighted by atomic mass is 10.1. The number of thioether (sulfide) groups is 1. The summed E-state index contributed by atoms with van der Waals surface area (Å²) < 4.78 is 7.16. The van der Waals surface area contributed by atoms with Crippen LogP contribution in [0.3, 0.4) is 0 Å². The van der Waals surface area contributed by atoms with Gasteiger partial charge in [0, 0.05) is 17.6 Å². The van der Waals surface area contributed by atoms with Crippen molar-refractivity contribution in [1.29, 1.82) is 0 Å². The van der Waals surface area contributed by atoms with Gasteiger partial charge >= 0.3 is 5.97 Å². The molecule has 0 aliphatic carbocycles. The number of benzene rings is 1. The minimum Gasteiger partial charge on any atom is -0.506 e. The Balaban J connectivity index is 1.76. The number of amides is 1. The summed E-state index contributed by atoms with van der Waals surface area (Å²) in [5.74, 6) is -1.67. The van der Waals surface area contributed by atoms with Gasteiger partial charge < -0.3 is 14.4 Å². The van der Waals surface area contributed by atoms with Crippen LogP contribution in [0.4, 0.5) is 0 Å². The highest BCUT2D eigenvalue weighted by Gasteiger charge is 2.34. The van der Waals surface area contributed by atoms with Crippen molar-refractivity contribution < 1.29 is 19.4 Å². The van der Waals surface area contributed by atoms with E-state index in [2.05, 4.69) is 9.98 Å². The Morgan fingerprint density at radius 1 is 1.23 bits per heavy atom. The summed E-state index contributed by atoms with van der Waals surface area (Å²) >= 11 is 7.16. The van der Waals surface area contributed by atoms with Gasteiger partial charge in [0.2, 0.25) is 0 Å². The minimum absolute atomic E-state index is 0.0539. The van der Waals surface area contributed by atoms with E-state index in [9.17, 15) is 14.7 Å². The van der Waals surface area contributed by atoms with Gasteiger partial charge in [-0.2, -0.15) is 0 Å². The van der Waals surface area contributed by atoms with Crippen LogP contribution < -0.4 is 0 Å². The normalized spacial score (nSPS) is 15.8. The molecule has 0 unspecified atom stereocenters. The van der Waals surface area contributed by atoms with Crippen LogP contribution in [0.5, 0.6) is 0 Å². The Morgan fingerprint density at radius 2 is 2.00 bits per heavy atom. The Bertz CT molecular complexity index is 1410. The Morgan fingerprint density at radius 3 is 2.69 bits per heavy atom. The standard InChI is InChI=1S/C26H22ClN3O4S/c1-4-34-26(33)22-23(31)21(35-25(22)29-24(32)19-9-5-6-10-20(19)27)13-17-12-15(2)30(16(17)3)18-8-7-11-28-14-18/h5-14,31H,4H2,1-3H3/b21-13-,29-25?. The zero-order chi connectivity index (χ0) is 25.1. The van der Waals surface area contributed by atoms with Crippen molar-refractivity contribution in [2.45, 2.75) is 20.8 Å². The lowest BCUT2D eigenvalue weighted by molar-refractivity contribution is -0.138. The maximum absolute atomic E-state index is 12.8. The quantitative estimate of drug-likeness (QED) is 0.436. The van der Waals surface area contributed by atoms with Gasteiger partial charge in [-0.3, -0.25) is 9.78 Å². The van der Waals surface area contributed by atoms with Crippen molar-refractivity contribution in [2.24, 2.45) is 4.99 Å². The molecule has 3 heterocycles. The van der Waals surface area contributed by atoms with Gasteiger partial charge in [-0.1, -0.05) is 35.5 Å². The second-order valence-electron chi connectivity index (χ2n) is 7.63. The average Bonchev–Trinajstić information content (AvgIpc) is 3.29. The Hall–Kier alpha value is -3.62. The molecule has 1 aliphatic rings. The molecular formula is C26H22ClN3O4S. The molecule has 0 fully saturated rings. The lowest BCUT2D eigenvalue weighted by Gasteiger charge is -2.08. The predicted octanol–water partition coefficient (Wildman–Crippen LogP) is 5.84. The molecule has 1 aliphatic heterocycles. The molecule has 1 aromatic carbocycles. The number of nitrogens with zero attached hydrogens (tertiary/aromatic N) is 3. The topological polar surface area (TPSA) is 93.8 Å². The van der Waals surface area contributed by atoms with Crippen molar-refractivity contribution in [3.63, 3.8) is 0 Å². The third kappa shape index (κ3) is 4.94. The van der Waals surface area contributed by atoms with E-state index in [0.29, 0.717) is 4.91 Å². The number of esters is 1. The first kappa shape index (κ1) is 24.5. The van der Waals surface area contributed by atoms with E-state index >= 15 is 0 Å². The first-order chi connectivity index (χ1) is 16.8. The minimum atomic E-state index is -0.757. The first-order valence-corrected chi connectivity index (χ1v) is 12.0. The van der Waals surface area contributed by atoms with Gasteiger partial charge in [0.05, 0.1) is 34.0 Å². The smallest absolute Gasteiger partial charge is 0.344 e. The molecule has 7 nitrogen and oxygen atoms in total. The van der Waals surface area contributed by atoms with E-state index in [0.717, 1.165) is 34.4 Å². The predicted molar refractivity (Wildman–Crippen MR) is 138 cm³/mol. The van der Waals surface area contributed by atoms with Crippen molar-refractivity contribution >= 4 is 46.4 Å². The van der Waals surface area contributed by atoms with Crippen LogP contribution in [-0.2, 0) is 9.53 Å². The highest BCUT2D eigenvalue weighted by molar-refractivity contribution is 8.18. The lowest BCUT2D eigenvalue weighted by Crippen LogP contribution is -2.14. The number of aliphatic hydroxyl groups is 1. The molecule has 0 spiro atoms. The number of carbonyl (C=O) groups is 2. The second-order valence-corrected chi connectivity index (χ2v) is 9.07. The molecule has 4 rings (SSSR count). The van der Waals surface area contributed by atoms with Crippen LogP contribution >= 0.6 is 23.4 Å². The second kappa shape index (κ2) is 10.3. The molecule has 0 atom stereocenters. The van der Waals surface area contributed by atoms with Gasteiger partial charge in [-0.05, 0) is 62.7 Å². The third-order valence-electron chi connectivity index (χ3n) is 5.34. The fourth-order valence-corrected chi connectivity index (χ4v) is 4.96. The average molecular weight is 508 g/mol. The van der Waals surface area contributed by atoms with E-state index in [1.807, 2.05) is 36.6 Å². The van der Waals surface area contributed by atoms with E-state index in [1.54, 1.807) is 49.7 Å². The summed E-state index contributed by atoms with van der Waals surface area (Å²) in [4.78, 5) is 34.1. The Kier molecular flexibility index (Phi) is 7.23. The first-order valence-electron chi connectivity index (χ1n) is 10.8. The summed E-state index contributed by atoms with van der Waals surface area (Å²) in [7, 11) is 0. The van der Waals surface area contributed by atoms with E-state index in [1.165, 1.54) is 0 Å². The molecule has 9 heteroatoms. The number of aliphatic hydroxyl groups excluding tert-OH is 1. The van der Waals surface area contributed by atoms with Gasteiger partial charge in [-0.25, -0.2) is 9.79 Å². The number of pyridine rings is 1. The Labute approximate surface area is 211 Å². The summed E-state index contributed by atoms with van der Waals surface area (Å²) in [5, 5.41) is 11.3. The fourth-order valence-electron chi connectivity index (χ4n) is 3.74. The van der Waals surface area contributed by atoms with Crippen LogP contribution in [0.25, 0.3) is 11.8 Å². The van der Waals surface area contributed by atoms with Crippen molar-refractivity contribution in [3.8, 4) is 5.69 Å². The molecule has 0 saturated carbocycles. The number of hydrogen-bond donors (Lipinski definition) is 1. The molecule has 0 radical (unpaired) electrons. The van der Waals surface area contributed by atoms with Gasteiger partial charge in [0.1, 0.15) is 16.4 Å². The van der Waals surface area contributed by atoms with Crippen molar-refractivity contribution in [2.75, 3.05) is 6.61 Å². The maximum atomic E-state index is 12.8. The number of aliphatic imine (C=N–C) groups is 1. The number of hydrogen-bond acceptors (Lipinski definition) is 6. The number of rotatable bonds is 5. The molecule has 178 valence electrons.